The Hall–Kier alpha value is -1.44. The zero-order valence-corrected chi connectivity index (χ0v) is 11.2. The molecule has 0 unspecified atom stereocenters. The zero-order chi connectivity index (χ0) is 15.3. The molecule has 0 atom stereocenters. The fraction of sp³-hybridized carbons (Fsp3) is 0.417. The molecule has 1 N–H and O–H groups in total. The first-order chi connectivity index (χ1) is 9.29. The molecule has 0 aromatic heterocycles. The van der Waals surface area contributed by atoms with Crippen LogP contribution in [0.5, 0.6) is 5.75 Å². The van der Waals surface area contributed by atoms with Crippen molar-refractivity contribution in [3.63, 3.8) is 0 Å². The summed E-state index contributed by atoms with van der Waals surface area (Å²) in [7, 11) is 0. The lowest BCUT2D eigenvalue weighted by Crippen LogP contribution is -2.34. The van der Waals surface area contributed by atoms with Crippen LogP contribution >= 0.6 is 11.8 Å². The van der Waals surface area contributed by atoms with Crippen molar-refractivity contribution in [2.45, 2.75) is 24.2 Å². The van der Waals surface area contributed by atoms with Gasteiger partial charge in [0, 0.05) is 4.90 Å². The molecular weight excluding hydrogens is 300 g/mol. The Morgan fingerprint density at radius 3 is 2.60 bits per heavy atom. The predicted molar refractivity (Wildman–Crippen MR) is 66.2 cm³/mol. The van der Waals surface area contributed by atoms with Gasteiger partial charge in [-0.3, -0.25) is 0 Å². The molecule has 20 heavy (non-hydrogen) atoms. The molecule has 0 fully saturated rings. The van der Waals surface area contributed by atoms with Crippen molar-refractivity contribution in [2.75, 3.05) is 12.4 Å². The Morgan fingerprint density at radius 2 is 2.10 bits per heavy atom. The molecule has 0 aliphatic carbocycles. The molecule has 3 nitrogen and oxygen atoms in total. The van der Waals surface area contributed by atoms with Crippen LogP contribution in [-0.2, 0) is 0 Å². The summed E-state index contributed by atoms with van der Waals surface area (Å²) in [4.78, 5) is 11.5. The van der Waals surface area contributed by atoms with E-state index in [-0.39, 0.29) is 11.3 Å². The number of alkyl halides is 4. The molecule has 0 bridgehead atoms. The maximum atomic E-state index is 12.8. The summed E-state index contributed by atoms with van der Waals surface area (Å²) in [5, 5.41) is 9.08. The summed E-state index contributed by atoms with van der Waals surface area (Å²) in [5.74, 6) is -5.48. The van der Waals surface area contributed by atoms with Gasteiger partial charge in [0.2, 0.25) is 0 Å². The number of carboxylic acid groups (broad SMARTS) is 1. The number of halogens is 4. The minimum absolute atomic E-state index is 0.301. The SMILES string of the molecule is CCSc1cccc(OCC(F)(F)C(F)F)c1C(=O)O. The second-order valence-corrected chi connectivity index (χ2v) is 5.02. The van der Waals surface area contributed by atoms with Crippen molar-refractivity contribution in [3.8, 4) is 5.75 Å². The molecule has 0 amide bonds. The summed E-state index contributed by atoms with van der Waals surface area (Å²) in [6.07, 6.45) is -3.87. The number of carbonyl (C=O) groups is 1. The third-order valence-electron chi connectivity index (χ3n) is 2.24. The summed E-state index contributed by atoms with van der Waals surface area (Å²) in [5.41, 5.74) is -0.301. The molecule has 0 saturated heterocycles. The first-order valence-corrected chi connectivity index (χ1v) is 6.56. The van der Waals surface area contributed by atoms with Crippen LogP contribution in [0.2, 0.25) is 0 Å². The highest BCUT2D eigenvalue weighted by molar-refractivity contribution is 7.99. The highest BCUT2D eigenvalue weighted by Crippen LogP contribution is 2.32. The van der Waals surface area contributed by atoms with Gasteiger partial charge in [-0.2, -0.15) is 8.78 Å². The van der Waals surface area contributed by atoms with Crippen molar-refractivity contribution in [1.29, 1.82) is 0 Å². The number of hydrogen-bond donors (Lipinski definition) is 1. The molecule has 8 heteroatoms. The van der Waals surface area contributed by atoms with Gasteiger partial charge in [-0.15, -0.1) is 11.8 Å². The molecule has 0 saturated carbocycles. The summed E-state index contributed by atoms with van der Waals surface area (Å²) in [6, 6.07) is 4.07. The van der Waals surface area contributed by atoms with Crippen molar-refractivity contribution < 1.29 is 32.2 Å². The number of aromatic carboxylic acids is 1. The first kappa shape index (κ1) is 16.6. The predicted octanol–water partition coefficient (Wildman–Crippen LogP) is 3.78. The second kappa shape index (κ2) is 6.83. The van der Waals surface area contributed by atoms with Gasteiger partial charge < -0.3 is 9.84 Å². The highest BCUT2D eigenvalue weighted by Gasteiger charge is 2.42. The Labute approximate surface area is 116 Å². The third-order valence-corrected chi connectivity index (χ3v) is 3.18. The fourth-order valence-corrected chi connectivity index (χ4v) is 2.17. The van der Waals surface area contributed by atoms with Gasteiger partial charge in [-0.25, -0.2) is 13.6 Å². The number of rotatable bonds is 7. The minimum Gasteiger partial charge on any atom is -0.486 e. The lowest BCUT2D eigenvalue weighted by Gasteiger charge is -2.17. The van der Waals surface area contributed by atoms with Crippen molar-refractivity contribution in [1.82, 2.24) is 0 Å². The molecule has 1 aromatic rings. The largest absolute Gasteiger partial charge is 0.486 e. The van der Waals surface area contributed by atoms with Gasteiger partial charge in [0.1, 0.15) is 11.3 Å². The van der Waals surface area contributed by atoms with Crippen LogP contribution in [0.25, 0.3) is 0 Å². The van der Waals surface area contributed by atoms with Crippen LogP contribution in [-0.4, -0.2) is 35.8 Å². The normalized spacial score (nSPS) is 11.7. The summed E-state index contributed by atoms with van der Waals surface area (Å²) < 4.78 is 54.2. The van der Waals surface area contributed by atoms with E-state index in [2.05, 4.69) is 4.74 Å². The number of ether oxygens (including phenoxy) is 1. The average molecular weight is 312 g/mol. The van der Waals surface area contributed by atoms with Gasteiger partial charge in [0.05, 0.1) is 0 Å². The molecule has 1 rings (SSSR count). The van der Waals surface area contributed by atoms with E-state index in [1.165, 1.54) is 23.9 Å². The van der Waals surface area contributed by atoms with E-state index < -0.39 is 24.9 Å². The lowest BCUT2D eigenvalue weighted by atomic mass is 10.2. The van der Waals surface area contributed by atoms with Crippen LogP contribution in [0.1, 0.15) is 17.3 Å². The summed E-state index contributed by atoms with van der Waals surface area (Å²) >= 11 is 1.19. The smallest absolute Gasteiger partial charge is 0.340 e. The number of thioether (sulfide) groups is 1. The molecule has 0 heterocycles. The van der Waals surface area contributed by atoms with Crippen LogP contribution < -0.4 is 4.74 Å². The number of benzene rings is 1. The first-order valence-electron chi connectivity index (χ1n) is 5.57. The van der Waals surface area contributed by atoms with Crippen LogP contribution in [0.3, 0.4) is 0 Å². The van der Waals surface area contributed by atoms with Gasteiger partial charge in [-0.1, -0.05) is 13.0 Å². The topological polar surface area (TPSA) is 46.5 Å². The molecule has 0 spiro atoms. The Balaban J connectivity index is 3.00. The van der Waals surface area contributed by atoms with Gasteiger partial charge >= 0.3 is 18.3 Å². The van der Waals surface area contributed by atoms with E-state index >= 15 is 0 Å². The van der Waals surface area contributed by atoms with Gasteiger partial charge in [0.15, 0.2) is 6.61 Å². The molecule has 112 valence electrons. The van der Waals surface area contributed by atoms with Crippen molar-refractivity contribution in [3.05, 3.63) is 23.8 Å². The Kier molecular flexibility index (Phi) is 5.67. The monoisotopic (exact) mass is 312 g/mol. The third kappa shape index (κ3) is 4.03. The van der Waals surface area contributed by atoms with E-state index in [4.69, 9.17) is 5.11 Å². The average Bonchev–Trinajstić information content (AvgIpc) is 2.36. The Bertz CT molecular complexity index is 480. The van der Waals surface area contributed by atoms with Crippen molar-refractivity contribution in [2.24, 2.45) is 0 Å². The van der Waals surface area contributed by atoms with E-state index in [0.717, 1.165) is 6.07 Å². The maximum absolute atomic E-state index is 12.8. The molecular formula is C12H12F4O3S. The lowest BCUT2D eigenvalue weighted by molar-refractivity contribution is -0.148. The van der Waals surface area contributed by atoms with Crippen molar-refractivity contribution >= 4 is 17.7 Å². The molecule has 1 aromatic carbocycles. The van der Waals surface area contributed by atoms with Gasteiger partial charge in [0.25, 0.3) is 0 Å². The molecule has 0 aliphatic heterocycles. The molecule has 0 aliphatic rings. The second-order valence-electron chi connectivity index (χ2n) is 3.72. The van der Waals surface area contributed by atoms with Crippen LogP contribution in [0.4, 0.5) is 17.6 Å². The van der Waals surface area contributed by atoms with E-state index in [0.29, 0.717) is 10.6 Å². The highest BCUT2D eigenvalue weighted by atomic mass is 32.2. The van der Waals surface area contributed by atoms with Crippen LogP contribution in [0.15, 0.2) is 23.1 Å². The quantitative estimate of drug-likeness (QED) is 0.615. The maximum Gasteiger partial charge on any atom is 0.340 e. The minimum atomic E-state index is -4.33. The Morgan fingerprint density at radius 1 is 1.45 bits per heavy atom. The van der Waals surface area contributed by atoms with Gasteiger partial charge in [-0.05, 0) is 17.9 Å². The molecule has 0 radical (unpaired) electrons. The van der Waals surface area contributed by atoms with Crippen LogP contribution in [0, 0.1) is 0 Å². The zero-order valence-electron chi connectivity index (χ0n) is 10.4. The summed E-state index contributed by atoms with van der Waals surface area (Å²) in [6.45, 7) is 0.208. The van der Waals surface area contributed by atoms with E-state index in [1.54, 1.807) is 6.92 Å². The van der Waals surface area contributed by atoms with E-state index in [9.17, 15) is 22.4 Å². The number of hydrogen-bond acceptors (Lipinski definition) is 3. The van der Waals surface area contributed by atoms with E-state index in [1.807, 2.05) is 0 Å². The fourth-order valence-electron chi connectivity index (χ4n) is 1.35. The number of carboxylic acids is 1. The standard InChI is InChI=1S/C12H12F4O3S/c1-2-20-8-5-3-4-7(9(8)10(17)18)19-6-12(15,16)11(13)14/h3-5,11H,2,6H2,1H3,(H,17,18).